The molecule has 0 aliphatic rings. The topological polar surface area (TPSA) is 58.6 Å². The van der Waals surface area contributed by atoms with Crippen molar-refractivity contribution in [2.45, 2.75) is 65.7 Å². The number of aliphatic hydroxyl groups excluding tert-OH is 1. The summed E-state index contributed by atoms with van der Waals surface area (Å²) in [5, 5.41) is 14.4. The first-order valence-electron chi connectivity index (χ1n) is 9.94. The van der Waals surface area contributed by atoms with Crippen molar-refractivity contribution in [1.82, 2.24) is 0 Å². The molecule has 2 N–H and O–H groups in total. The van der Waals surface area contributed by atoms with Crippen LogP contribution in [0.1, 0.15) is 56.9 Å². The fourth-order valence-electron chi connectivity index (χ4n) is 3.52. The molecule has 0 aromatic heterocycles. The highest BCUT2D eigenvalue weighted by Crippen LogP contribution is 2.35. The van der Waals surface area contributed by atoms with E-state index in [-0.39, 0.29) is 24.4 Å². The van der Waals surface area contributed by atoms with Crippen molar-refractivity contribution in [2.24, 2.45) is 5.92 Å². The van der Waals surface area contributed by atoms with Crippen molar-refractivity contribution >= 4 is 11.7 Å². The predicted molar refractivity (Wildman–Crippen MR) is 114 cm³/mol. The van der Waals surface area contributed by atoms with E-state index in [2.05, 4.69) is 11.4 Å². The van der Waals surface area contributed by atoms with Crippen LogP contribution in [0, 0.1) is 19.8 Å². The number of carbonyl (C=O) groups excluding carboxylic acids is 1. The Morgan fingerprint density at radius 1 is 1.04 bits per heavy atom. The van der Waals surface area contributed by atoms with E-state index >= 15 is 0 Å². The van der Waals surface area contributed by atoms with Crippen LogP contribution in [0.15, 0.2) is 48.5 Å². The molecule has 152 valence electrons. The van der Waals surface area contributed by atoms with Gasteiger partial charge in [0.05, 0.1) is 12.2 Å². The minimum Gasteiger partial charge on any atom is -0.461 e. The van der Waals surface area contributed by atoms with Gasteiger partial charge in [0.1, 0.15) is 5.54 Å². The second kappa shape index (κ2) is 9.24. The van der Waals surface area contributed by atoms with Crippen LogP contribution in [0.2, 0.25) is 0 Å². The van der Waals surface area contributed by atoms with Gasteiger partial charge in [-0.3, -0.25) is 0 Å². The second-order valence-corrected chi connectivity index (χ2v) is 8.21. The lowest BCUT2D eigenvalue weighted by Gasteiger charge is -2.39. The van der Waals surface area contributed by atoms with Crippen LogP contribution >= 0.6 is 0 Å². The third-order valence-corrected chi connectivity index (χ3v) is 4.98. The van der Waals surface area contributed by atoms with Crippen molar-refractivity contribution in [3.8, 4) is 0 Å². The summed E-state index contributed by atoms with van der Waals surface area (Å²) in [6.07, 6.45) is -0.810. The van der Waals surface area contributed by atoms with E-state index in [0.717, 1.165) is 22.4 Å². The number of ether oxygens (including phenoxy) is 1. The molecule has 4 heteroatoms. The zero-order valence-corrected chi connectivity index (χ0v) is 17.8. The molecule has 0 amide bonds. The number of aliphatic hydroxyl groups is 1. The molecule has 0 aliphatic heterocycles. The Bertz CT molecular complexity index is 765. The number of benzene rings is 2. The van der Waals surface area contributed by atoms with Gasteiger partial charge in [-0.1, -0.05) is 50.2 Å². The van der Waals surface area contributed by atoms with Gasteiger partial charge < -0.3 is 15.2 Å². The van der Waals surface area contributed by atoms with E-state index < -0.39 is 11.6 Å². The van der Waals surface area contributed by atoms with E-state index in [1.165, 1.54) is 0 Å². The Labute approximate surface area is 168 Å². The van der Waals surface area contributed by atoms with Crippen molar-refractivity contribution in [1.29, 1.82) is 0 Å². The number of nitrogens with one attached hydrogen (secondary N) is 1. The van der Waals surface area contributed by atoms with E-state index in [9.17, 15) is 9.90 Å². The minimum absolute atomic E-state index is 0.0991. The molecule has 2 rings (SSSR count). The third kappa shape index (κ3) is 5.35. The van der Waals surface area contributed by atoms with E-state index in [1.54, 1.807) is 0 Å². The Balaban J connectivity index is 2.46. The summed E-state index contributed by atoms with van der Waals surface area (Å²) in [7, 11) is 0. The summed E-state index contributed by atoms with van der Waals surface area (Å²) in [5.74, 6) is -0.440. The van der Waals surface area contributed by atoms with Gasteiger partial charge in [-0.2, -0.15) is 0 Å². The molecule has 2 aromatic rings. The van der Waals surface area contributed by atoms with Gasteiger partial charge >= 0.3 is 5.97 Å². The molecule has 0 bridgehead atoms. The van der Waals surface area contributed by atoms with Gasteiger partial charge in [0.2, 0.25) is 0 Å². The van der Waals surface area contributed by atoms with Crippen molar-refractivity contribution in [2.75, 3.05) is 5.32 Å². The van der Waals surface area contributed by atoms with Crippen LogP contribution in [0.3, 0.4) is 0 Å². The highest BCUT2D eigenvalue weighted by Gasteiger charge is 2.45. The average molecular weight is 384 g/mol. The lowest BCUT2D eigenvalue weighted by Crippen LogP contribution is -2.53. The molecule has 0 saturated heterocycles. The molecule has 0 fully saturated rings. The number of esters is 1. The maximum Gasteiger partial charge on any atom is 0.332 e. The Morgan fingerprint density at radius 2 is 1.61 bits per heavy atom. The molecule has 2 atom stereocenters. The van der Waals surface area contributed by atoms with Crippen molar-refractivity contribution < 1.29 is 14.6 Å². The smallest absolute Gasteiger partial charge is 0.332 e. The largest absolute Gasteiger partial charge is 0.461 e. The summed E-state index contributed by atoms with van der Waals surface area (Å²) in [6, 6.07) is 15.6. The van der Waals surface area contributed by atoms with Crippen LogP contribution in [0.25, 0.3) is 0 Å². The van der Waals surface area contributed by atoms with Crippen LogP contribution in [0.4, 0.5) is 5.69 Å². The second-order valence-electron chi connectivity index (χ2n) is 8.21. The average Bonchev–Trinajstić information content (AvgIpc) is 2.60. The van der Waals surface area contributed by atoms with Gasteiger partial charge in [-0.15, -0.1) is 0 Å². The van der Waals surface area contributed by atoms with E-state index in [1.807, 2.05) is 84.0 Å². The van der Waals surface area contributed by atoms with Crippen molar-refractivity contribution in [3.05, 3.63) is 65.2 Å². The lowest BCUT2D eigenvalue weighted by atomic mass is 9.79. The molecule has 0 spiro atoms. The molecule has 4 nitrogen and oxygen atoms in total. The number of aryl methyl sites for hydroxylation is 2. The highest BCUT2D eigenvalue weighted by atomic mass is 16.5. The fourth-order valence-corrected chi connectivity index (χ4v) is 3.52. The molecular weight excluding hydrogens is 350 g/mol. The van der Waals surface area contributed by atoms with Crippen molar-refractivity contribution in [3.63, 3.8) is 0 Å². The maximum atomic E-state index is 13.3. The van der Waals surface area contributed by atoms with E-state index in [4.69, 9.17) is 4.74 Å². The highest BCUT2D eigenvalue weighted by molar-refractivity contribution is 5.85. The monoisotopic (exact) mass is 383 g/mol. The van der Waals surface area contributed by atoms with Gasteiger partial charge in [-0.05, 0) is 62.4 Å². The lowest BCUT2D eigenvalue weighted by molar-refractivity contribution is -0.156. The first-order chi connectivity index (χ1) is 13.1. The number of hydrogen-bond acceptors (Lipinski definition) is 4. The SMILES string of the molecule is Cc1cc(C)cc(NC(C[C@@H](O)c2ccccc2)(C(=O)OC(C)C)C(C)C)c1. The minimum atomic E-state index is -1.06. The Morgan fingerprint density at radius 3 is 2.11 bits per heavy atom. The number of hydrogen-bond donors (Lipinski definition) is 2. The standard InChI is InChI=1S/C24H33NO3/c1-16(2)24(23(27)28-17(3)4,15-22(26)20-10-8-7-9-11-20)25-21-13-18(5)12-19(6)14-21/h7-14,16-17,22,25-26H,15H2,1-6H3/t22-,24?/m1/s1. The summed E-state index contributed by atoms with van der Waals surface area (Å²) < 4.78 is 5.63. The maximum absolute atomic E-state index is 13.3. The number of carbonyl (C=O) groups is 1. The van der Waals surface area contributed by atoms with Crippen LogP contribution < -0.4 is 5.32 Å². The molecule has 0 radical (unpaired) electrons. The third-order valence-electron chi connectivity index (χ3n) is 4.98. The zero-order valence-electron chi connectivity index (χ0n) is 17.8. The summed E-state index contributed by atoms with van der Waals surface area (Å²) in [5.41, 5.74) is 2.81. The normalized spacial score (nSPS) is 14.6. The van der Waals surface area contributed by atoms with Gasteiger partial charge in [0.25, 0.3) is 0 Å². The molecule has 1 unspecified atom stereocenters. The summed E-state index contributed by atoms with van der Waals surface area (Å²) >= 11 is 0. The number of rotatable bonds is 8. The Kier molecular flexibility index (Phi) is 7.25. The molecule has 0 saturated carbocycles. The fraction of sp³-hybridized carbons (Fsp3) is 0.458. The van der Waals surface area contributed by atoms with Gasteiger partial charge in [-0.25, -0.2) is 4.79 Å². The first-order valence-corrected chi connectivity index (χ1v) is 9.94. The van der Waals surface area contributed by atoms with E-state index in [0.29, 0.717) is 0 Å². The summed E-state index contributed by atoms with van der Waals surface area (Å²) in [6.45, 7) is 11.7. The van der Waals surface area contributed by atoms with Crippen LogP contribution in [0.5, 0.6) is 0 Å². The molecule has 0 heterocycles. The molecule has 2 aromatic carbocycles. The molecule has 0 aliphatic carbocycles. The predicted octanol–water partition coefficient (Wildman–Crippen LogP) is 5.19. The number of anilines is 1. The Hall–Kier alpha value is -2.33. The van der Waals surface area contributed by atoms with Crippen LogP contribution in [-0.2, 0) is 9.53 Å². The molecular formula is C24H33NO3. The quantitative estimate of drug-likeness (QED) is 0.616. The summed E-state index contributed by atoms with van der Waals surface area (Å²) in [4.78, 5) is 13.3. The molecule has 28 heavy (non-hydrogen) atoms. The zero-order chi connectivity index (χ0) is 20.9. The van der Waals surface area contributed by atoms with Gasteiger partial charge in [0, 0.05) is 12.1 Å². The first kappa shape index (κ1) is 22.0. The van der Waals surface area contributed by atoms with Crippen LogP contribution in [-0.4, -0.2) is 22.7 Å². The van der Waals surface area contributed by atoms with Gasteiger partial charge in [0.15, 0.2) is 0 Å².